The summed E-state index contributed by atoms with van der Waals surface area (Å²) >= 11 is 6.28. The average Bonchev–Trinajstić information content (AvgIpc) is 2.63. The molecule has 2 rings (SSSR count). The second-order valence-corrected chi connectivity index (χ2v) is 5.07. The number of azo groups is 1. The van der Waals surface area contributed by atoms with Gasteiger partial charge in [0, 0.05) is 18.3 Å². The van der Waals surface area contributed by atoms with Crippen LogP contribution in [0.2, 0.25) is 0 Å². The Bertz CT molecular complexity index is 489. The highest BCUT2D eigenvalue weighted by Crippen LogP contribution is 2.26. The van der Waals surface area contributed by atoms with Crippen LogP contribution in [0.4, 0.5) is 11.4 Å². The lowest BCUT2D eigenvalue weighted by molar-refractivity contribution is -0.114. The molecule has 1 unspecified atom stereocenters. The van der Waals surface area contributed by atoms with Gasteiger partial charge in [-0.1, -0.05) is 6.07 Å². The molecule has 88 valence electrons. The first-order valence-corrected chi connectivity index (χ1v) is 6.18. The van der Waals surface area contributed by atoms with E-state index in [1.807, 2.05) is 24.3 Å². The van der Waals surface area contributed by atoms with Gasteiger partial charge in [0.15, 0.2) is 9.82 Å². The van der Waals surface area contributed by atoms with E-state index >= 15 is 0 Å². The highest BCUT2D eigenvalue weighted by atomic mass is 32.2. The Kier molecular flexibility index (Phi) is 3.70. The molecule has 1 amide bonds. The van der Waals surface area contributed by atoms with Crippen LogP contribution in [0.1, 0.15) is 6.92 Å². The van der Waals surface area contributed by atoms with Gasteiger partial charge in [0.25, 0.3) is 0 Å². The molecule has 0 saturated heterocycles. The number of benzene rings is 1. The molecule has 5 nitrogen and oxygen atoms in total. The van der Waals surface area contributed by atoms with Gasteiger partial charge in [-0.15, -0.1) is 10.2 Å². The number of thioether (sulfide) groups is 1. The van der Waals surface area contributed by atoms with Gasteiger partial charge < -0.3 is 10.6 Å². The number of carbonyl (C=O) groups excluding carboxylic acids is 1. The van der Waals surface area contributed by atoms with Gasteiger partial charge in [0.1, 0.15) is 0 Å². The van der Waals surface area contributed by atoms with Crippen molar-refractivity contribution < 1.29 is 4.79 Å². The van der Waals surface area contributed by atoms with Crippen molar-refractivity contribution in [2.24, 2.45) is 10.2 Å². The van der Waals surface area contributed by atoms with Crippen molar-refractivity contribution in [3.05, 3.63) is 24.3 Å². The average molecular weight is 266 g/mol. The van der Waals surface area contributed by atoms with E-state index in [2.05, 4.69) is 20.9 Å². The largest absolute Gasteiger partial charge is 0.353 e. The summed E-state index contributed by atoms with van der Waals surface area (Å²) in [7, 11) is 0. The molecule has 1 aliphatic heterocycles. The van der Waals surface area contributed by atoms with E-state index in [-0.39, 0.29) is 11.4 Å². The van der Waals surface area contributed by atoms with Crippen LogP contribution in [0.3, 0.4) is 0 Å². The smallest absolute Gasteiger partial charge is 0.221 e. The standard InChI is InChI=1S/C10H10N4OS2/c1-6(15)11-7-3-2-4-8(5-7)12-9-13-14-10(16)17-9/h2-5,9,12H,1H3,(H,11,15). The molecule has 1 atom stereocenters. The number of amides is 1. The predicted molar refractivity (Wildman–Crippen MR) is 73.2 cm³/mol. The summed E-state index contributed by atoms with van der Waals surface area (Å²) < 4.78 is 0.528. The summed E-state index contributed by atoms with van der Waals surface area (Å²) in [5, 5.41) is 13.6. The lowest BCUT2D eigenvalue weighted by Gasteiger charge is -2.10. The van der Waals surface area contributed by atoms with Crippen LogP contribution in [0.25, 0.3) is 0 Å². The number of rotatable bonds is 3. The van der Waals surface area contributed by atoms with Crippen molar-refractivity contribution in [3.8, 4) is 0 Å². The minimum Gasteiger partial charge on any atom is -0.353 e. The van der Waals surface area contributed by atoms with E-state index in [0.717, 1.165) is 11.4 Å². The third kappa shape index (κ3) is 3.50. The lowest BCUT2D eigenvalue weighted by Crippen LogP contribution is -2.11. The van der Waals surface area contributed by atoms with Crippen LogP contribution in [-0.2, 0) is 4.79 Å². The van der Waals surface area contributed by atoms with Crippen LogP contribution < -0.4 is 10.6 Å². The normalized spacial score (nSPS) is 18.2. The number of nitrogens with zero attached hydrogens (tertiary/aromatic N) is 2. The van der Waals surface area contributed by atoms with Crippen molar-refractivity contribution in [2.45, 2.75) is 12.4 Å². The fraction of sp³-hybridized carbons (Fsp3) is 0.200. The number of hydrogen-bond donors (Lipinski definition) is 2. The summed E-state index contributed by atoms with van der Waals surface area (Å²) in [5.41, 5.74) is 1.41. The Morgan fingerprint density at radius 1 is 1.47 bits per heavy atom. The third-order valence-electron chi connectivity index (χ3n) is 1.93. The van der Waals surface area contributed by atoms with Gasteiger partial charge in [-0.2, -0.15) is 0 Å². The molecule has 1 aromatic carbocycles. The zero-order chi connectivity index (χ0) is 12.3. The number of nitrogens with one attached hydrogen (secondary N) is 2. The SMILES string of the molecule is CC(=O)Nc1cccc(NC2N=NC(=S)S2)c1. The molecule has 0 aliphatic carbocycles. The number of carbonyl (C=O) groups is 1. The summed E-state index contributed by atoms with van der Waals surface area (Å²) in [6.45, 7) is 1.47. The molecule has 1 aromatic rings. The first-order valence-electron chi connectivity index (χ1n) is 4.89. The van der Waals surface area contributed by atoms with Crippen LogP contribution in [0.5, 0.6) is 0 Å². The summed E-state index contributed by atoms with van der Waals surface area (Å²) in [6, 6.07) is 7.39. The second-order valence-electron chi connectivity index (χ2n) is 3.36. The topological polar surface area (TPSA) is 65.8 Å². The van der Waals surface area contributed by atoms with E-state index in [1.54, 1.807) is 0 Å². The first kappa shape index (κ1) is 12.0. The lowest BCUT2D eigenvalue weighted by atomic mass is 10.3. The molecule has 7 heteroatoms. The van der Waals surface area contributed by atoms with Crippen LogP contribution in [-0.4, -0.2) is 15.7 Å². The Balaban J connectivity index is 2.03. The van der Waals surface area contributed by atoms with Gasteiger partial charge >= 0.3 is 0 Å². The van der Waals surface area contributed by atoms with Crippen molar-refractivity contribution in [2.75, 3.05) is 10.6 Å². The minimum atomic E-state index is -0.185. The maximum atomic E-state index is 10.9. The van der Waals surface area contributed by atoms with Crippen LogP contribution >= 0.6 is 24.0 Å². The van der Waals surface area contributed by atoms with E-state index in [9.17, 15) is 4.79 Å². The summed E-state index contributed by atoms with van der Waals surface area (Å²) in [5.74, 6) is -0.0988. The fourth-order valence-electron chi connectivity index (χ4n) is 1.33. The molecular weight excluding hydrogens is 256 g/mol. The third-order valence-corrected chi connectivity index (χ3v) is 3.02. The molecule has 0 aromatic heterocycles. The molecule has 0 spiro atoms. The second kappa shape index (κ2) is 5.24. The monoisotopic (exact) mass is 266 g/mol. The van der Waals surface area contributed by atoms with Gasteiger partial charge in [-0.3, -0.25) is 4.79 Å². The number of hydrogen-bond acceptors (Lipinski definition) is 5. The van der Waals surface area contributed by atoms with Crippen molar-refractivity contribution in [1.82, 2.24) is 0 Å². The highest BCUT2D eigenvalue weighted by molar-refractivity contribution is 8.23. The summed E-state index contributed by atoms with van der Waals surface area (Å²) in [6.07, 6.45) is 0. The molecule has 1 aliphatic rings. The molecule has 0 bridgehead atoms. The zero-order valence-electron chi connectivity index (χ0n) is 9.01. The Hall–Kier alpha value is -1.47. The number of thiocarbonyl (C=S) groups is 1. The maximum absolute atomic E-state index is 10.9. The highest BCUT2D eigenvalue weighted by Gasteiger charge is 2.16. The molecule has 0 saturated carbocycles. The van der Waals surface area contributed by atoms with Crippen LogP contribution in [0.15, 0.2) is 34.5 Å². The maximum Gasteiger partial charge on any atom is 0.221 e. The molecule has 1 heterocycles. The predicted octanol–water partition coefficient (Wildman–Crippen LogP) is 2.82. The molecule has 0 radical (unpaired) electrons. The van der Waals surface area contributed by atoms with Gasteiger partial charge in [0.05, 0.1) is 0 Å². The Labute approximate surface area is 108 Å². The quantitative estimate of drug-likeness (QED) is 0.826. The molecular formula is C10H10N4OS2. The van der Waals surface area contributed by atoms with Crippen molar-refractivity contribution >= 4 is 45.6 Å². The Morgan fingerprint density at radius 3 is 2.88 bits per heavy atom. The van der Waals surface area contributed by atoms with Crippen LogP contribution in [0, 0.1) is 0 Å². The van der Waals surface area contributed by atoms with E-state index in [4.69, 9.17) is 12.2 Å². The van der Waals surface area contributed by atoms with Gasteiger partial charge in [0.2, 0.25) is 5.91 Å². The van der Waals surface area contributed by atoms with E-state index < -0.39 is 0 Å². The molecule has 17 heavy (non-hydrogen) atoms. The summed E-state index contributed by atoms with van der Waals surface area (Å²) in [4.78, 5) is 10.9. The Morgan fingerprint density at radius 2 is 2.24 bits per heavy atom. The van der Waals surface area contributed by atoms with Gasteiger partial charge in [-0.25, -0.2) is 0 Å². The van der Waals surface area contributed by atoms with E-state index in [1.165, 1.54) is 18.7 Å². The van der Waals surface area contributed by atoms with Gasteiger partial charge in [-0.05, 0) is 42.2 Å². The van der Waals surface area contributed by atoms with Crippen molar-refractivity contribution in [1.29, 1.82) is 0 Å². The van der Waals surface area contributed by atoms with E-state index in [0.29, 0.717) is 4.32 Å². The minimum absolute atomic E-state index is 0.0988. The zero-order valence-corrected chi connectivity index (χ0v) is 10.6. The molecule has 0 fully saturated rings. The first-order chi connectivity index (χ1) is 8.13. The molecule has 2 N–H and O–H groups in total. The fourth-order valence-corrected chi connectivity index (χ4v) is 2.23. The van der Waals surface area contributed by atoms with Crippen molar-refractivity contribution in [3.63, 3.8) is 0 Å². The number of anilines is 2.